The molecule has 0 saturated heterocycles. The van der Waals surface area contributed by atoms with Crippen molar-refractivity contribution >= 4 is 29.0 Å². The highest BCUT2D eigenvalue weighted by Crippen LogP contribution is 2.19. The zero-order chi connectivity index (χ0) is 15.8. The molecule has 0 bridgehead atoms. The molecule has 6 heteroatoms. The minimum absolute atomic E-state index is 0.114. The molecule has 4 nitrogen and oxygen atoms in total. The lowest BCUT2D eigenvalue weighted by atomic mass is 10.2. The molecule has 1 atom stereocenters. The first kappa shape index (κ1) is 17.8. The van der Waals surface area contributed by atoms with Crippen LogP contribution >= 0.6 is 11.8 Å². The average molecular weight is 313 g/mol. The summed E-state index contributed by atoms with van der Waals surface area (Å²) < 4.78 is 12.9. The van der Waals surface area contributed by atoms with E-state index >= 15 is 0 Å². The SMILES string of the molecule is CSCCC(C)N(C)CCC(=O)Nc1ccc(F)cc1N. The molecule has 0 aliphatic rings. The van der Waals surface area contributed by atoms with Gasteiger partial charge in [-0.2, -0.15) is 11.8 Å². The number of hydrogen-bond donors (Lipinski definition) is 2. The molecule has 0 fully saturated rings. The summed E-state index contributed by atoms with van der Waals surface area (Å²) in [6.07, 6.45) is 3.58. The summed E-state index contributed by atoms with van der Waals surface area (Å²) in [6.45, 7) is 2.84. The van der Waals surface area contributed by atoms with Gasteiger partial charge in [0.2, 0.25) is 5.91 Å². The minimum Gasteiger partial charge on any atom is -0.397 e. The largest absolute Gasteiger partial charge is 0.397 e. The third-order valence-corrected chi connectivity index (χ3v) is 4.12. The molecule has 0 heterocycles. The van der Waals surface area contributed by atoms with Gasteiger partial charge in [-0.3, -0.25) is 4.79 Å². The van der Waals surface area contributed by atoms with E-state index in [1.54, 1.807) is 0 Å². The quantitative estimate of drug-likeness (QED) is 0.725. The Bertz CT molecular complexity index is 470. The monoisotopic (exact) mass is 313 g/mol. The Hall–Kier alpha value is -1.27. The number of halogens is 1. The number of nitrogens with one attached hydrogen (secondary N) is 1. The zero-order valence-electron chi connectivity index (χ0n) is 12.9. The molecule has 1 unspecified atom stereocenters. The summed E-state index contributed by atoms with van der Waals surface area (Å²) in [5.74, 6) is 0.592. The van der Waals surface area contributed by atoms with Crippen LogP contribution in [-0.2, 0) is 4.79 Å². The van der Waals surface area contributed by atoms with E-state index in [2.05, 4.69) is 23.4 Å². The molecule has 0 aliphatic carbocycles. The molecule has 118 valence electrons. The number of anilines is 2. The summed E-state index contributed by atoms with van der Waals surface area (Å²) in [6, 6.07) is 4.41. The highest BCUT2D eigenvalue weighted by molar-refractivity contribution is 7.98. The number of carbonyl (C=O) groups is 1. The molecule has 0 spiro atoms. The number of nitrogens with zero attached hydrogens (tertiary/aromatic N) is 1. The van der Waals surface area contributed by atoms with Gasteiger partial charge < -0.3 is 16.0 Å². The standard InChI is InChI=1S/C15H24FN3OS/c1-11(7-9-21-3)19(2)8-6-15(20)18-14-5-4-12(16)10-13(14)17/h4-5,10-11H,6-9,17H2,1-3H3,(H,18,20). The number of nitrogen functional groups attached to an aromatic ring is 1. The predicted molar refractivity (Wildman–Crippen MR) is 89.2 cm³/mol. The van der Waals surface area contributed by atoms with Gasteiger partial charge in [0, 0.05) is 19.0 Å². The Morgan fingerprint density at radius 2 is 2.24 bits per heavy atom. The highest BCUT2D eigenvalue weighted by atomic mass is 32.2. The molecule has 0 aromatic heterocycles. The Labute approximate surface area is 130 Å². The lowest BCUT2D eigenvalue weighted by Gasteiger charge is -2.24. The van der Waals surface area contributed by atoms with E-state index in [1.807, 2.05) is 18.8 Å². The fourth-order valence-corrected chi connectivity index (χ4v) is 2.44. The summed E-state index contributed by atoms with van der Waals surface area (Å²) in [5, 5.41) is 2.71. The number of thioether (sulfide) groups is 1. The van der Waals surface area contributed by atoms with E-state index in [4.69, 9.17) is 5.73 Å². The number of amides is 1. The summed E-state index contributed by atoms with van der Waals surface area (Å²) in [7, 11) is 2.02. The normalized spacial score (nSPS) is 12.4. The summed E-state index contributed by atoms with van der Waals surface area (Å²) >= 11 is 1.83. The first-order valence-corrected chi connectivity index (χ1v) is 8.37. The number of nitrogens with two attached hydrogens (primary N) is 1. The van der Waals surface area contributed by atoms with E-state index in [9.17, 15) is 9.18 Å². The van der Waals surface area contributed by atoms with E-state index < -0.39 is 5.82 Å². The van der Waals surface area contributed by atoms with E-state index in [0.717, 1.165) is 12.2 Å². The summed E-state index contributed by atoms with van der Waals surface area (Å²) in [4.78, 5) is 14.1. The fraction of sp³-hybridized carbons (Fsp3) is 0.533. The van der Waals surface area contributed by atoms with Crippen molar-refractivity contribution < 1.29 is 9.18 Å². The van der Waals surface area contributed by atoms with Crippen LogP contribution in [-0.4, -0.2) is 42.4 Å². The van der Waals surface area contributed by atoms with Crippen molar-refractivity contribution in [3.05, 3.63) is 24.0 Å². The zero-order valence-corrected chi connectivity index (χ0v) is 13.7. The molecule has 0 aliphatic heterocycles. The van der Waals surface area contributed by atoms with Gasteiger partial charge in [0.25, 0.3) is 0 Å². The van der Waals surface area contributed by atoms with Crippen LogP contribution in [0.4, 0.5) is 15.8 Å². The number of rotatable bonds is 8. The first-order chi connectivity index (χ1) is 9.93. The van der Waals surface area contributed by atoms with Gasteiger partial charge in [-0.25, -0.2) is 4.39 Å². The molecule has 1 amide bonds. The van der Waals surface area contributed by atoms with Crippen molar-refractivity contribution in [2.24, 2.45) is 0 Å². The smallest absolute Gasteiger partial charge is 0.225 e. The first-order valence-electron chi connectivity index (χ1n) is 6.98. The van der Waals surface area contributed by atoms with Gasteiger partial charge in [0.1, 0.15) is 5.82 Å². The van der Waals surface area contributed by atoms with Gasteiger partial charge in [0.05, 0.1) is 11.4 Å². The van der Waals surface area contributed by atoms with E-state index in [1.165, 1.54) is 18.2 Å². The van der Waals surface area contributed by atoms with Crippen LogP contribution in [0.2, 0.25) is 0 Å². The molecule has 1 rings (SSSR count). The highest BCUT2D eigenvalue weighted by Gasteiger charge is 2.11. The van der Waals surface area contributed by atoms with Gasteiger partial charge in [-0.1, -0.05) is 0 Å². The lowest BCUT2D eigenvalue weighted by Crippen LogP contribution is -2.32. The molecular formula is C15H24FN3OS. The van der Waals surface area contributed by atoms with Crippen molar-refractivity contribution in [1.82, 2.24) is 4.90 Å². The second kappa shape index (κ2) is 8.89. The molecule has 1 aromatic rings. The maximum absolute atomic E-state index is 12.9. The van der Waals surface area contributed by atoms with Crippen molar-refractivity contribution in [2.75, 3.05) is 36.7 Å². The van der Waals surface area contributed by atoms with Crippen LogP contribution in [0.1, 0.15) is 19.8 Å². The van der Waals surface area contributed by atoms with E-state index in [0.29, 0.717) is 24.7 Å². The third-order valence-electron chi connectivity index (χ3n) is 3.47. The van der Waals surface area contributed by atoms with Crippen molar-refractivity contribution in [3.63, 3.8) is 0 Å². The van der Waals surface area contributed by atoms with Crippen LogP contribution in [0.5, 0.6) is 0 Å². The maximum Gasteiger partial charge on any atom is 0.225 e. The second-order valence-corrected chi connectivity index (χ2v) is 6.13. The van der Waals surface area contributed by atoms with Crippen LogP contribution in [0.25, 0.3) is 0 Å². The molecular weight excluding hydrogens is 289 g/mol. The predicted octanol–water partition coefficient (Wildman–Crippen LogP) is 2.81. The van der Waals surface area contributed by atoms with Crippen LogP contribution in [0, 0.1) is 5.82 Å². The van der Waals surface area contributed by atoms with Crippen molar-refractivity contribution in [2.45, 2.75) is 25.8 Å². The van der Waals surface area contributed by atoms with Crippen LogP contribution in [0.3, 0.4) is 0 Å². The number of hydrogen-bond acceptors (Lipinski definition) is 4. The van der Waals surface area contributed by atoms with Gasteiger partial charge in [0.15, 0.2) is 0 Å². The van der Waals surface area contributed by atoms with Crippen molar-refractivity contribution in [1.29, 1.82) is 0 Å². The molecule has 1 aromatic carbocycles. The van der Waals surface area contributed by atoms with Gasteiger partial charge in [-0.15, -0.1) is 0 Å². The molecule has 0 saturated carbocycles. The van der Waals surface area contributed by atoms with Gasteiger partial charge >= 0.3 is 0 Å². The maximum atomic E-state index is 12.9. The molecule has 3 N–H and O–H groups in total. The average Bonchev–Trinajstić information content (AvgIpc) is 2.45. The fourth-order valence-electron chi connectivity index (χ4n) is 1.87. The minimum atomic E-state index is -0.409. The lowest BCUT2D eigenvalue weighted by molar-refractivity contribution is -0.116. The third kappa shape index (κ3) is 6.35. The second-order valence-electron chi connectivity index (χ2n) is 5.14. The number of benzene rings is 1. The Morgan fingerprint density at radius 3 is 2.86 bits per heavy atom. The topological polar surface area (TPSA) is 58.4 Å². The van der Waals surface area contributed by atoms with Crippen LogP contribution in [0.15, 0.2) is 18.2 Å². The van der Waals surface area contributed by atoms with Crippen molar-refractivity contribution in [3.8, 4) is 0 Å². The molecule has 21 heavy (non-hydrogen) atoms. The number of carbonyl (C=O) groups excluding carboxylic acids is 1. The van der Waals surface area contributed by atoms with E-state index in [-0.39, 0.29) is 11.6 Å². The van der Waals surface area contributed by atoms with Gasteiger partial charge in [-0.05, 0) is 50.6 Å². The Morgan fingerprint density at radius 1 is 1.52 bits per heavy atom. The Kier molecular flexibility index (Phi) is 7.53. The summed E-state index contributed by atoms with van der Waals surface area (Å²) in [5.41, 5.74) is 6.36. The Balaban J connectivity index is 2.40. The van der Waals surface area contributed by atoms with Crippen LogP contribution < -0.4 is 11.1 Å². The molecule has 0 radical (unpaired) electrons.